The molecule has 1 aliphatic heterocycles. The standard InChI is InChI=1S/C24H31N5O3S/c1-4-29(5-2)33(31,32)22-16-20(10-9-19(22)3)24(30)27-14-12-26(13-15-27)17-21-18-28-11-7-6-8-23(28)25-21/h6-11,16,18H,4-5,12-15,17H2,1-3H3. The van der Waals surface area contributed by atoms with Crippen LogP contribution in [0.4, 0.5) is 0 Å². The molecule has 0 radical (unpaired) electrons. The Kier molecular flexibility index (Phi) is 6.83. The van der Waals surface area contributed by atoms with Crippen molar-refractivity contribution in [2.75, 3.05) is 39.3 Å². The van der Waals surface area contributed by atoms with Gasteiger partial charge in [0.15, 0.2) is 0 Å². The number of hydrogen-bond donors (Lipinski definition) is 0. The number of benzene rings is 1. The number of imidazole rings is 1. The average Bonchev–Trinajstić information content (AvgIpc) is 3.22. The summed E-state index contributed by atoms with van der Waals surface area (Å²) >= 11 is 0. The van der Waals surface area contributed by atoms with Crippen LogP contribution in [0, 0.1) is 6.92 Å². The molecular weight excluding hydrogens is 438 g/mol. The van der Waals surface area contributed by atoms with Crippen LogP contribution in [0.15, 0.2) is 53.7 Å². The van der Waals surface area contributed by atoms with E-state index in [1.165, 1.54) is 10.4 Å². The Balaban J connectivity index is 1.43. The molecule has 2 aromatic heterocycles. The summed E-state index contributed by atoms with van der Waals surface area (Å²) in [5, 5.41) is 0. The van der Waals surface area contributed by atoms with E-state index in [2.05, 4.69) is 9.88 Å². The maximum Gasteiger partial charge on any atom is 0.253 e. The van der Waals surface area contributed by atoms with E-state index in [-0.39, 0.29) is 10.8 Å². The number of piperazine rings is 1. The highest BCUT2D eigenvalue weighted by molar-refractivity contribution is 7.89. The van der Waals surface area contributed by atoms with E-state index in [4.69, 9.17) is 0 Å². The quantitative estimate of drug-likeness (QED) is 0.532. The average molecular weight is 470 g/mol. The van der Waals surface area contributed by atoms with E-state index in [1.54, 1.807) is 24.0 Å². The number of aryl methyl sites for hydroxylation is 1. The van der Waals surface area contributed by atoms with E-state index < -0.39 is 10.0 Å². The summed E-state index contributed by atoms with van der Waals surface area (Å²) in [7, 11) is -3.63. The van der Waals surface area contributed by atoms with Crippen LogP contribution in [0.1, 0.15) is 35.5 Å². The molecule has 1 aromatic carbocycles. The molecule has 0 aliphatic carbocycles. The second kappa shape index (κ2) is 9.62. The Hall–Kier alpha value is -2.75. The number of carbonyl (C=O) groups is 1. The summed E-state index contributed by atoms with van der Waals surface area (Å²) in [5.74, 6) is -0.127. The fraction of sp³-hybridized carbons (Fsp3) is 0.417. The molecule has 1 amide bonds. The molecule has 9 heteroatoms. The zero-order valence-electron chi connectivity index (χ0n) is 19.4. The molecule has 0 saturated carbocycles. The van der Waals surface area contributed by atoms with Crippen LogP contribution >= 0.6 is 0 Å². The van der Waals surface area contributed by atoms with Gasteiger partial charge in [-0.15, -0.1) is 0 Å². The third-order valence-corrected chi connectivity index (χ3v) is 8.41. The normalized spacial score (nSPS) is 15.5. The van der Waals surface area contributed by atoms with Crippen LogP contribution in [0.2, 0.25) is 0 Å². The predicted molar refractivity (Wildman–Crippen MR) is 128 cm³/mol. The van der Waals surface area contributed by atoms with Crippen molar-refractivity contribution in [3.63, 3.8) is 0 Å². The predicted octanol–water partition coefficient (Wildman–Crippen LogP) is 2.63. The van der Waals surface area contributed by atoms with Crippen LogP contribution in [0.5, 0.6) is 0 Å². The lowest BCUT2D eigenvalue weighted by Crippen LogP contribution is -2.48. The number of amides is 1. The molecule has 33 heavy (non-hydrogen) atoms. The maximum atomic E-state index is 13.2. The lowest BCUT2D eigenvalue weighted by molar-refractivity contribution is 0.0627. The minimum absolute atomic E-state index is 0.127. The Bertz CT molecular complexity index is 1210. The van der Waals surface area contributed by atoms with Gasteiger partial charge in [0.2, 0.25) is 10.0 Å². The van der Waals surface area contributed by atoms with Gasteiger partial charge in [0.25, 0.3) is 5.91 Å². The first kappa shape index (κ1) is 23.4. The van der Waals surface area contributed by atoms with Gasteiger partial charge >= 0.3 is 0 Å². The molecule has 176 valence electrons. The first-order valence-electron chi connectivity index (χ1n) is 11.4. The number of hydrogen-bond acceptors (Lipinski definition) is 5. The van der Waals surface area contributed by atoms with Crippen molar-refractivity contribution in [2.45, 2.75) is 32.2 Å². The van der Waals surface area contributed by atoms with Crippen LogP contribution in [-0.4, -0.2) is 77.1 Å². The molecule has 1 fully saturated rings. The third kappa shape index (κ3) is 4.80. The van der Waals surface area contributed by atoms with Crippen molar-refractivity contribution >= 4 is 21.6 Å². The van der Waals surface area contributed by atoms with Crippen molar-refractivity contribution in [2.24, 2.45) is 0 Å². The molecule has 4 rings (SSSR count). The summed E-state index contributed by atoms with van der Waals surface area (Å²) in [6, 6.07) is 10.9. The zero-order valence-corrected chi connectivity index (χ0v) is 20.3. The van der Waals surface area contributed by atoms with E-state index in [1.807, 2.05) is 48.8 Å². The van der Waals surface area contributed by atoms with Crippen molar-refractivity contribution < 1.29 is 13.2 Å². The van der Waals surface area contributed by atoms with Crippen molar-refractivity contribution in [1.82, 2.24) is 23.5 Å². The SMILES string of the molecule is CCN(CC)S(=O)(=O)c1cc(C(=O)N2CCN(Cc3cn4ccccc4n3)CC2)ccc1C. The number of fused-ring (bicyclic) bond motifs is 1. The van der Waals surface area contributed by atoms with Gasteiger partial charge in [-0.3, -0.25) is 9.69 Å². The summed E-state index contributed by atoms with van der Waals surface area (Å²) in [4.78, 5) is 22.1. The van der Waals surface area contributed by atoms with E-state index in [0.29, 0.717) is 37.3 Å². The number of nitrogens with zero attached hydrogens (tertiary/aromatic N) is 5. The molecule has 0 atom stereocenters. The third-order valence-electron chi connectivity index (χ3n) is 6.22. The first-order chi connectivity index (χ1) is 15.8. The van der Waals surface area contributed by atoms with Crippen LogP contribution < -0.4 is 0 Å². The summed E-state index contributed by atoms with van der Waals surface area (Å²) in [6.07, 6.45) is 4.02. The van der Waals surface area contributed by atoms with Gasteiger partial charge in [-0.25, -0.2) is 13.4 Å². The highest BCUT2D eigenvalue weighted by Crippen LogP contribution is 2.22. The monoisotopic (exact) mass is 469 g/mol. The Morgan fingerprint density at radius 3 is 2.45 bits per heavy atom. The number of aromatic nitrogens is 2. The highest BCUT2D eigenvalue weighted by Gasteiger charge is 2.27. The summed E-state index contributed by atoms with van der Waals surface area (Å²) in [6.45, 7) is 9.61. The second-order valence-corrected chi connectivity index (χ2v) is 10.2. The molecule has 0 N–H and O–H groups in total. The Labute approximate surface area is 195 Å². The zero-order chi connectivity index (χ0) is 23.6. The topological polar surface area (TPSA) is 78.2 Å². The fourth-order valence-corrected chi connectivity index (χ4v) is 6.01. The van der Waals surface area contributed by atoms with Crippen molar-refractivity contribution in [3.8, 4) is 0 Å². The van der Waals surface area contributed by atoms with Crippen LogP contribution in [-0.2, 0) is 16.6 Å². The molecule has 3 heterocycles. The Morgan fingerprint density at radius 2 is 1.79 bits per heavy atom. The van der Waals surface area contributed by atoms with Gasteiger partial charge in [-0.2, -0.15) is 4.31 Å². The lowest BCUT2D eigenvalue weighted by atomic mass is 10.1. The molecule has 3 aromatic rings. The molecule has 0 spiro atoms. The van der Waals surface area contributed by atoms with E-state index >= 15 is 0 Å². The largest absolute Gasteiger partial charge is 0.336 e. The highest BCUT2D eigenvalue weighted by atomic mass is 32.2. The van der Waals surface area contributed by atoms with Gasteiger partial charge in [0.1, 0.15) is 5.65 Å². The number of carbonyl (C=O) groups excluding carboxylic acids is 1. The number of pyridine rings is 1. The fourth-order valence-electron chi connectivity index (χ4n) is 4.30. The summed E-state index contributed by atoms with van der Waals surface area (Å²) < 4.78 is 29.5. The molecule has 0 unspecified atom stereocenters. The van der Waals surface area contributed by atoms with Gasteiger partial charge in [-0.1, -0.05) is 26.0 Å². The van der Waals surface area contributed by atoms with Crippen molar-refractivity contribution in [1.29, 1.82) is 0 Å². The van der Waals surface area contributed by atoms with Gasteiger partial charge in [0, 0.05) is 63.8 Å². The number of rotatable bonds is 7. The van der Waals surface area contributed by atoms with E-state index in [9.17, 15) is 13.2 Å². The Morgan fingerprint density at radius 1 is 1.06 bits per heavy atom. The van der Waals surface area contributed by atoms with Gasteiger partial charge in [0.05, 0.1) is 10.6 Å². The smallest absolute Gasteiger partial charge is 0.253 e. The van der Waals surface area contributed by atoms with E-state index in [0.717, 1.165) is 31.0 Å². The lowest BCUT2D eigenvalue weighted by Gasteiger charge is -2.34. The molecule has 8 nitrogen and oxygen atoms in total. The number of sulfonamides is 1. The minimum Gasteiger partial charge on any atom is -0.336 e. The van der Waals surface area contributed by atoms with Gasteiger partial charge in [-0.05, 0) is 36.8 Å². The molecule has 1 saturated heterocycles. The second-order valence-electron chi connectivity index (χ2n) is 8.34. The first-order valence-corrected chi connectivity index (χ1v) is 12.8. The van der Waals surface area contributed by atoms with Crippen LogP contribution in [0.25, 0.3) is 5.65 Å². The van der Waals surface area contributed by atoms with Crippen molar-refractivity contribution in [3.05, 3.63) is 65.6 Å². The molecule has 0 bridgehead atoms. The molecule has 1 aliphatic rings. The minimum atomic E-state index is -3.63. The summed E-state index contributed by atoms with van der Waals surface area (Å²) in [5.41, 5.74) is 3.00. The molecular formula is C24H31N5O3S. The van der Waals surface area contributed by atoms with Gasteiger partial charge < -0.3 is 9.30 Å². The van der Waals surface area contributed by atoms with Crippen LogP contribution in [0.3, 0.4) is 0 Å². The maximum absolute atomic E-state index is 13.2.